The molecule has 4 rings (SSSR count). The number of hydrogen-bond donors (Lipinski definition) is 1. The highest BCUT2D eigenvalue weighted by atomic mass is 32.2. The summed E-state index contributed by atoms with van der Waals surface area (Å²) in [4.78, 5) is 17.5. The number of ether oxygens (including phenoxy) is 1. The molecule has 3 aromatic rings. The summed E-state index contributed by atoms with van der Waals surface area (Å²) in [5, 5.41) is 4.35. The Hall–Kier alpha value is -3.14. The standard InChI is InChI=1S/C28H31F3N2O4S/c1-3-38(35,36)24-11-6-19(7-12-24)16-32-26(34)21-8-13-25-22(15-21)14-18(2)33-27(25)37-17-20-4-9-23(10-5-20)28(29,30)31/h6-8,11-15,20,23H,3-5,9-10,16-17H2,1-2H3,(H,32,34)/t20-,23-. The van der Waals surface area contributed by atoms with E-state index in [1.807, 2.05) is 13.0 Å². The molecular formula is C28H31F3N2O4S. The Morgan fingerprint density at radius 2 is 1.74 bits per heavy atom. The van der Waals surface area contributed by atoms with Gasteiger partial charge >= 0.3 is 6.18 Å². The molecule has 0 atom stereocenters. The second-order valence-electron chi connectivity index (χ2n) is 9.81. The van der Waals surface area contributed by atoms with Crippen molar-refractivity contribution in [3.8, 4) is 5.88 Å². The first kappa shape index (κ1) is 27.9. The monoisotopic (exact) mass is 548 g/mol. The number of benzene rings is 2. The number of sulfone groups is 1. The van der Waals surface area contributed by atoms with Crippen LogP contribution in [0, 0.1) is 18.8 Å². The van der Waals surface area contributed by atoms with Crippen LogP contribution in [0.3, 0.4) is 0 Å². The molecule has 1 fully saturated rings. The van der Waals surface area contributed by atoms with E-state index in [1.54, 1.807) is 37.3 Å². The van der Waals surface area contributed by atoms with Crippen molar-refractivity contribution >= 4 is 26.5 Å². The SMILES string of the molecule is CCS(=O)(=O)c1ccc(CNC(=O)c2ccc3c(OC[C@H]4CC[C@H](C(F)(F)F)CC4)nc(C)cc3c2)cc1. The van der Waals surface area contributed by atoms with Crippen molar-refractivity contribution in [2.24, 2.45) is 11.8 Å². The minimum absolute atomic E-state index is 0.0236. The molecule has 1 aromatic heterocycles. The lowest BCUT2D eigenvalue weighted by Crippen LogP contribution is -2.29. The van der Waals surface area contributed by atoms with Crippen LogP contribution >= 0.6 is 0 Å². The molecule has 1 aliphatic carbocycles. The number of pyridine rings is 1. The van der Waals surface area contributed by atoms with E-state index in [2.05, 4.69) is 10.3 Å². The summed E-state index contributed by atoms with van der Waals surface area (Å²) in [6, 6.07) is 13.5. The van der Waals surface area contributed by atoms with E-state index in [0.29, 0.717) is 36.6 Å². The van der Waals surface area contributed by atoms with Gasteiger partial charge in [0.25, 0.3) is 5.91 Å². The molecule has 204 valence electrons. The maximum absolute atomic E-state index is 12.9. The fraction of sp³-hybridized carbons (Fsp3) is 0.429. The largest absolute Gasteiger partial charge is 0.477 e. The van der Waals surface area contributed by atoms with E-state index in [9.17, 15) is 26.4 Å². The number of hydrogen-bond acceptors (Lipinski definition) is 5. The first-order valence-corrected chi connectivity index (χ1v) is 14.3. The van der Waals surface area contributed by atoms with Gasteiger partial charge in [0, 0.05) is 23.2 Å². The Kier molecular flexibility index (Phi) is 8.30. The maximum Gasteiger partial charge on any atom is 0.391 e. The average molecular weight is 549 g/mol. The lowest BCUT2D eigenvalue weighted by molar-refractivity contribution is -0.184. The van der Waals surface area contributed by atoms with E-state index in [1.165, 1.54) is 12.1 Å². The molecule has 38 heavy (non-hydrogen) atoms. The number of alkyl halides is 3. The number of amides is 1. The molecule has 1 saturated carbocycles. The summed E-state index contributed by atoms with van der Waals surface area (Å²) in [5.74, 6) is -1.03. The zero-order valence-corrected chi connectivity index (χ0v) is 22.2. The van der Waals surface area contributed by atoms with Crippen LogP contribution in [0.4, 0.5) is 13.2 Å². The molecule has 0 aliphatic heterocycles. The third kappa shape index (κ3) is 6.64. The number of carbonyl (C=O) groups is 1. The van der Waals surface area contributed by atoms with Gasteiger partial charge in [-0.1, -0.05) is 19.1 Å². The molecule has 2 aromatic carbocycles. The van der Waals surface area contributed by atoms with Gasteiger partial charge in [0.2, 0.25) is 5.88 Å². The number of aromatic nitrogens is 1. The number of nitrogens with zero attached hydrogens (tertiary/aromatic N) is 1. The molecule has 0 unspecified atom stereocenters. The zero-order chi connectivity index (χ0) is 27.5. The second-order valence-corrected chi connectivity index (χ2v) is 12.1. The molecular weight excluding hydrogens is 517 g/mol. The first-order valence-electron chi connectivity index (χ1n) is 12.7. The fourth-order valence-corrected chi connectivity index (χ4v) is 5.61. The van der Waals surface area contributed by atoms with Gasteiger partial charge in [-0.05, 0) is 85.9 Å². The first-order chi connectivity index (χ1) is 18.0. The van der Waals surface area contributed by atoms with Gasteiger partial charge in [-0.2, -0.15) is 13.2 Å². The molecule has 1 amide bonds. The quantitative estimate of drug-likeness (QED) is 0.372. The zero-order valence-electron chi connectivity index (χ0n) is 21.3. The Morgan fingerprint density at radius 3 is 2.37 bits per heavy atom. The highest BCUT2D eigenvalue weighted by Gasteiger charge is 2.41. The summed E-state index contributed by atoms with van der Waals surface area (Å²) >= 11 is 0. The molecule has 10 heteroatoms. The predicted molar refractivity (Wildman–Crippen MR) is 139 cm³/mol. The van der Waals surface area contributed by atoms with Crippen LogP contribution in [0.1, 0.15) is 54.2 Å². The molecule has 0 saturated heterocycles. The lowest BCUT2D eigenvalue weighted by atomic mass is 9.82. The van der Waals surface area contributed by atoms with Crippen LogP contribution in [0.5, 0.6) is 5.88 Å². The minimum atomic E-state index is -4.13. The normalized spacial score (nSPS) is 18.3. The van der Waals surface area contributed by atoms with Crippen LogP contribution in [0.25, 0.3) is 10.8 Å². The molecule has 0 spiro atoms. The fourth-order valence-electron chi connectivity index (χ4n) is 4.72. The number of fused-ring (bicyclic) bond motifs is 1. The van der Waals surface area contributed by atoms with Gasteiger partial charge in [-0.3, -0.25) is 4.79 Å². The van der Waals surface area contributed by atoms with Crippen molar-refractivity contribution in [1.29, 1.82) is 0 Å². The number of halogens is 3. The molecule has 1 N–H and O–H groups in total. The van der Waals surface area contributed by atoms with Gasteiger partial charge in [-0.25, -0.2) is 13.4 Å². The van der Waals surface area contributed by atoms with Crippen molar-refractivity contribution in [2.45, 2.75) is 57.1 Å². The number of nitrogens with one attached hydrogen (secondary N) is 1. The smallest absolute Gasteiger partial charge is 0.391 e. The van der Waals surface area contributed by atoms with E-state index in [4.69, 9.17) is 4.74 Å². The van der Waals surface area contributed by atoms with Crippen molar-refractivity contribution in [3.63, 3.8) is 0 Å². The Bertz CT molecular complexity index is 1400. The van der Waals surface area contributed by atoms with Crippen molar-refractivity contribution in [1.82, 2.24) is 10.3 Å². The Morgan fingerprint density at radius 1 is 1.05 bits per heavy atom. The molecule has 1 heterocycles. The summed E-state index contributed by atoms with van der Waals surface area (Å²) in [6.07, 6.45) is -2.95. The molecule has 0 bridgehead atoms. The summed E-state index contributed by atoms with van der Waals surface area (Å²) in [6.45, 7) is 3.95. The van der Waals surface area contributed by atoms with Gasteiger partial charge in [0.05, 0.1) is 23.2 Å². The van der Waals surface area contributed by atoms with Crippen LogP contribution in [-0.4, -0.2) is 37.8 Å². The van der Waals surface area contributed by atoms with Gasteiger partial charge in [-0.15, -0.1) is 0 Å². The van der Waals surface area contributed by atoms with E-state index in [0.717, 1.165) is 16.3 Å². The van der Waals surface area contributed by atoms with Crippen LogP contribution < -0.4 is 10.1 Å². The maximum atomic E-state index is 12.9. The number of rotatable bonds is 8. The third-order valence-corrected chi connectivity index (χ3v) is 8.82. The summed E-state index contributed by atoms with van der Waals surface area (Å²) in [5.41, 5.74) is 1.92. The van der Waals surface area contributed by atoms with Crippen LogP contribution in [0.15, 0.2) is 53.4 Å². The summed E-state index contributed by atoms with van der Waals surface area (Å²) in [7, 11) is -3.28. The van der Waals surface area contributed by atoms with Crippen molar-refractivity contribution in [3.05, 3.63) is 65.4 Å². The van der Waals surface area contributed by atoms with Crippen LogP contribution in [-0.2, 0) is 16.4 Å². The van der Waals surface area contributed by atoms with Crippen LogP contribution in [0.2, 0.25) is 0 Å². The number of aryl methyl sites for hydroxylation is 1. The molecule has 1 aliphatic rings. The van der Waals surface area contributed by atoms with Crippen molar-refractivity contribution in [2.75, 3.05) is 12.4 Å². The van der Waals surface area contributed by atoms with Crippen molar-refractivity contribution < 1.29 is 31.1 Å². The van der Waals surface area contributed by atoms with Gasteiger partial charge in [0.1, 0.15) is 0 Å². The lowest BCUT2D eigenvalue weighted by Gasteiger charge is -2.29. The highest BCUT2D eigenvalue weighted by Crippen LogP contribution is 2.39. The average Bonchev–Trinajstić information content (AvgIpc) is 2.89. The summed E-state index contributed by atoms with van der Waals surface area (Å²) < 4.78 is 68.7. The third-order valence-electron chi connectivity index (χ3n) is 7.07. The van der Waals surface area contributed by atoms with Gasteiger partial charge < -0.3 is 10.1 Å². The second kappa shape index (κ2) is 11.3. The minimum Gasteiger partial charge on any atom is -0.477 e. The highest BCUT2D eigenvalue weighted by molar-refractivity contribution is 7.91. The molecule has 0 radical (unpaired) electrons. The van der Waals surface area contributed by atoms with E-state index < -0.39 is 21.9 Å². The Balaban J connectivity index is 1.39. The topological polar surface area (TPSA) is 85.4 Å². The van der Waals surface area contributed by atoms with E-state index >= 15 is 0 Å². The number of carbonyl (C=O) groups excluding carboxylic acids is 1. The predicted octanol–water partition coefficient (Wildman–Crippen LogP) is 6.01. The van der Waals surface area contributed by atoms with Gasteiger partial charge in [0.15, 0.2) is 9.84 Å². The Labute approximate surface area is 220 Å². The molecule has 6 nitrogen and oxygen atoms in total. The van der Waals surface area contributed by atoms with E-state index in [-0.39, 0.29) is 41.9 Å².